The Kier molecular flexibility index (Phi) is 3.89. The molecule has 0 atom stereocenters. The van der Waals surface area contributed by atoms with E-state index in [2.05, 4.69) is 10.3 Å². The van der Waals surface area contributed by atoms with E-state index < -0.39 is 6.03 Å². The molecule has 0 saturated heterocycles. The molecule has 0 aliphatic heterocycles. The monoisotopic (exact) mass is 284 g/mol. The minimum absolute atomic E-state index is 0.155. The highest BCUT2D eigenvalue weighted by Crippen LogP contribution is 2.23. The summed E-state index contributed by atoms with van der Waals surface area (Å²) >= 11 is 0. The molecule has 0 heterocycles. The molecule has 0 bridgehead atoms. The lowest BCUT2D eigenvalue weighted by Crippen LogP contribution is -2.35. The standard InChI is InChI=1S/C15H16N4O2/c1-8-7-12(20)14(19-15(17)21)9(2)13(8)18-11-5-3-10(16)4-6-11/h3-7H,16H2,1-2H3,(H3,17,19,21). The second-order valence-corrected chi connectivity index (χ2v) is 4.73. The van der Waals surface area contributed by atoms with Crippen LogP contribution in [0.4, 0.5) is 16.2 Å². The van der Waals surface area contributed by atoms with E-state index in [0.29, 0.717) is 22.7 Å². The zero-order chi connectivity index (χ0) is 15.6. The van der Waals surface area contributed by atoms with E-state index in [1.54, 1.807) is 38.1 Å². The summed E-state index contributed by atoms with van der Waals surface area (Å²) < 4.78 is 0. The SMILES string of the molecule is CC1=CC(=O)C(NC(N)=O)=C(C)C1=Nc1ccc(N)cc1. The number of nitrogens with two attached hydrogens (primary N) is 2. The molecular weight excluding hydrogens is 268 g/mol. The highest BCUT2D eigenvalue weighted by Gasteiger charge is 2.22. The number of benzene rings is 1. The number of nitrogens with one attached hydrogen (secondary N) is 1. The summed E-state index contributed by atoms with van der Waals surface area (Å²) in [5.74, 6) is -0.292. The van der Waals surface area contributed by atoms with Gasteiger partial charge in [0.2, 0.25) is 5.78 Å². The lowest BCUT2D eigenvalue weighted by molar-refractivity contribution is -0.111. The average molecular weight is 284 g/mol. The van der Waals surface area contributed by atoms with Gasteiger partial charge in [0.05, 0.1) is 17.1 Å². The number of urea groups is 1. The van der Waals surface area contributed by atoms with Crippen molar-refractivity contribution in [3.8, 4) is 0 Å². The van der Waals surface area contributed by atoms with Crippen LogP contribution in [-0.4, -0.2) is 17.5 Å². The van der Waals surface area contributed by atoms with E-state index in [0.717, 1.165) is 5.57 Å². The van der Waals surface area contributed by atoms with E-state index in [1.807, 2.05) is 0 Å². The van der Waals surface area contributed by atoms with Gasteiger partial charge in [-0.1, -0.05) is 0 Å². The summed E-state index contributed by atoms with van der Waals surface area (Å²) in [7, 11) is 0. The zero-order valence-electron chi connectivity index (χ0n) is 11.8. The number of amides is 2. The third-order valence-corrected chi connectivity index (χ3v) is 3.08. The molecule has 0 aromatic heterocycles. The molecule has 0 radical (unpaired) electrons. The lowest BCUT2D eigenvalue weighted by atomic mass is 9.94. The molecular formula is C15H16N4O2. The van der Waals surface area contributed by atoms with E-state index >= 15 is 0 Å². The van der Waals surface area contributed by atoms with Crippen LogP contribution in [0.15, 0.2) is 52.2 Å². The first-order valence-electron chi connectivity index (χ1n) is 6.33. The summed E-state index contributed by atoms with van der Waals surface area (Å²) in [5, 5.41) is 2.35. The molecule has 6 heteroatoms. The van der Waals surface area contributed by atoms with E-state index in [1.165, 1.54) is 6.08 Å². The van der Waals surface area contributed by atoms with Crippen molar-refractivity contribution in [3.05, 3.63) is 47.2 Å². The predicted molar refractivity (Wildman–Crippen MR) is 82.1 cm³/mol. The molecule has 0 saturated carbocycles. The van der Waals surface area contributed by atoms with Crippen molar-refractivity contribution in [2.75, 3.05) is 5.73 Å². The third kappa shape index (κ3) is 3.17. The molecule has 108 valence electrons. The van der Waals surface area contributed by atoms with Crippen molar-refractivity contribution in [1.29, 1.82) is 0 Å². The Morgan fingerprint density at radius 2 is 1.81 bits per heavy atom. The number of ketones is 1. The summed E-state index contributed by atoms with van der Waals surface area (Å²) in [6, 6.07) is 6.26. The van der Waals surface area contributed by atoms with E-state index in [4.69, 9.17) is 11.5 Å². The lowest BCUT2D eigenvalue weighted by Gasteiger charge is -2.18. The molecule has 6 nitrogen and oxygen atoms in total. The molecule has 1 aromatic carbocycles. The second-order valence-electron chi connectivity index (χ2n) is 4.73. The maximum atomic E-state index is 11.9. The largest absolute Gasteiger partial charge is 0.399 e. The number of primary amides is 1. The number of hydrogen-bond acceptors (Lipinski definition) is 4. The molecule has 21 heavy (non-hydrogen) atoms. The molecule has 2 rings (SSSR count). The molecule has 1 aromatic rings. The Hall–Kier alpha value is -2.89. The van der Waals surface area contributed by atoms with Crippen molar-refractivity contribution in [1.82, 2.24) is 5.32 Å². The van der Waals surface area contributed by atoms with Crippen LogP contribution < -0.4 is 16.8 Å². The highest BCUT2D eigenvalue weighted by atomic mass is 16.2. The summed E-state index contributed by atoms with van der Waals surface area (Å²) in [5.41, 5.74) is 14.2. The summed E-state index contributed by atoms with van der Waals surface area (Å²) in [6.07, 6.45) is 1.43. The van der Waals surface area contributed by atoms with Gasteiger partial charge in [0, 0.05) is 11.3 Å². The molecule has 1 aliphatic carbocycles. The van der Waals surface area contributed by atoms with Crippen LogP contribution in [0, 0.1) is 0 Å². The first-order chi connectivity index (χ1) is 9.88. The number of nitrogens with zero attached hydrogens (tertiary/aromatic N) is 1. The molecule has 5 N–H and O–H groups in total. The van der Waals surface area contributed by atoms with Crippen molar-refractivity contribution < 1.29 is 9.59 Å². The van der Waals surface area contributed by atoms with Crippen LogP contribution in [0.5, 0.6) is 0 Å². The van der Waals surface area contributed by atoms with Crippen LogP contribution >= 0.6 is 0 Å². The Morgan fingerprint density at radius 1 is 1.19 bits per heavy atom. The fourth-order valence-electron chi connectivity index (χ4n) is 2.06. The van der Waals surface area contributed by atoms with Crippen LogP contribution in [0.2, 0.25) is 0 Å². The van der Waals surface area contributed by atoms with Crippen molar-refractivity contribution in [3.63, 3.8) is 0 Å². The van der Waals surface area contributed by atoms with Crippen molar-refractivity contribution in [2.45, 2.75) is 13.8 Å². The fourth-order valence-corrected chi connectivity index (χ4v) is 2.06. The van der Waals surface area contributed by atoms with Gasteiger partial charge in [0.25, 0.3) is 0 Å². The smallest absolute Gasteiger partial charge is 0.316 e. The van der Waals surface area contributed by atoms with Gasteiger partial charge in [-0.15, -0.1) is 0 Å². The summed E-state index contributed by atoms with van der Waals surface area (Å²) in [6.45, 7) is 3.51. The number of aliphatic imine (C=N–C) groups is 1. The molecule has 0 spiro atoms. The van der Waals surface area contributed by atoms with Crippen molar-refractivity contribution in [2.24, 2.45) is 10.7 Å². The van der Waals surface area contributed by atoms with E-state index in [-0.39, 0.29) is 11.5 Å². The first kappa shape index (κ1) is 14.5. The molecule has 1 aliphatic rings. The number of hydrogen-bond donors (Lipinski definition) is 3. The van der Waals surface area contributed by atoms with E-state index in [9.17, 15) is 9.59 Å². The van der Waals surface area contributed by atoms with Crippen LogP contribution in [0.3, 0.4) is 0 Å². The highest BCUT2D eigenvalue weighted by molar-refractivity contribution is 6.25. The van der Waals surface area contributed by atoms with Crippen LogP contribution in [0.1, 0.15) is 13.8 Å². The average Bonchev–Trinajstić information content (AvgIpc) is 2.41. The van der Waals surface area contributed by atoms with Gasteiger partial charge in [-0.3, -0.25) is 4.79 Å². The first-order valence-corrected chi connectivity index (χ1v) is 6.33. The van der Waals surface area contributed by atoms with Crippen LogP contribution in [-0.2, 0) is 4.79 Å². The molecule has 2 amide bonds. The normalized spacial score (nSPS) is 17.0. The van der Waals surface area contributed by atoms with Gasteiger partial charge >= 0.3 is 6.03 Å². The molecule has 0 fully saturated rings. The maximum absolute atomic E-state index is 11.9. The minimum Gasteiger partial charge on any atom is -0.399 e. The number of nitrogen functional groups attached to an aromatic ring is 1. The van der Waals surface area contributed by atoms with Gasteiger partial charge < -0.3 is 16.8 Å². The Bertz CT molecular complexity index is 697. The predicted octanol–water partition coefficient (Wildman–Crippen LogP) is 1.81. The Balaban J connectivity index is 2.47. The molecule has 0 unspecified atom stereocenters. The van der Waals surface area contributed by atoms with Gasteiger partial charge in [-0.2, -0.15) is 0 Å². The number of anilines is 1. The Morgan fingerprint density at radius 3 is 2.38 bits per heavy atom. The fraction of sp³-hybridized carbons (Fsp3) is 0.133. The van der Waals surface area contributed by atoms with Gasteiger partial charge in [-0.25, -0.2) is 9.79 Å². The number of allylic oxidation sites excluding steroid dienone is 3. The van der Waals surface area contributed by atoms with Crippen LogP contribution in [0.25, 0.3) is 0 Å². The summed E-state index contributed by atoms with van der Waals surface area (Å²) in [4.78, 5) is 27.4. The third-order valence-electron chi connectivity index (χ3n) is 3.08. The van der Waals surface area contributed by atoms with Gasteiger partial charge in [0.15, 0.2) is 0 Å². The number of rotatable bonds is 2. The van der Waals surface area contributed by atoms with Gasteiger partial charge in [-0.05, 0) is 49.8 Å². The quantitative estimate of drug-likeness (QED) is 0.569. The number of carbonyl (C=O) groups is 2. The number of carbonyl (C=O) groups excluding carboxylic acids is 2. The van der Waals surface area contributed by atoms with Gasteiger partial charge in [0.1, 0.15) is 0 Å². The Labute approximate surface area is 122 Å². The minimum atomic E-state index is -0.780. The zero-order valence-corrected chi connectivity index (χ0v) is 11.8. The van der Waals surface area contributed by atoms with Crippen molar-refractivity contribution >= 4 is 28.9 Å². The maximum Gasteiger partial charge on any atom is 0.316 e. The topological polar surface area (TPSA) is 111 Å². The second kappa shape index (κ2) is 5.62.